The maximum absolute atomic E-state index is 5.30. The lowest BCUT2D eigenvalue weighted by atomic mass is 9.83. The lowest BCUT2D eigenvalue weighted by molar-refractivity contribution is 0.213. The molecule has 0 spiro atoms. The van der Waals surface area contributed by atoms with Gasteiger partial charge in [-0.15, -0.1) is 0 Å². The third kappa shape index (κ3) is 4.83. The number of rotatable bonds is 6. The molecule has 10 heavy (non-hydrogen) atoms. The molecule has 2 nitrogen and oxygen atoms in total. The van der Waals surface area contributed by atoms with Crippen molar-refractivity contribution in [2.45, 2.75) is 33.5 Å². The van der Waals surface area contributed by atoms with Gasteiger partial charge in [-0.25, -0.2) is 0 Å². The van der Waals surface area contributed by atoms with E-state index in [1.165, 1.54) is 0 Å². The molecule has 0 aromatic rings. The van der Waals surface area contributed by atoms with Crippen LogP contribution in [0, 0.1) is 0 Å². The zero-order valence-electron chi connectivity index (χ0n) is 7.22. The second-order valence-corrected chi connectivity index (χ2v) is 2.13. The van der Waals surface area contributed by atoms with E-state index in [4.69, 9.17) is 9.31 Å². The van der Waals surface area contributed by atoms with E-state index in [0.29, 0.717) is 0 Å². The average molecular weight is 144 g/mol. The van der Waals surface area contributed by atoms with Crippen molar-refractivity contribution in [1.29, 1.82) is 0 Å². The lowest BCUT2D eigenvalue weighted by Crippen LogP contribution is -2.22. The molecule has 0 amide bonds. The monoisotopic (exact) mass is 144 g/mol. The van der Waals surface area contributed by atoms with Crippen LogP contribution in [0.4, 0.5) is 0 Å². The summed E-state index contributed by atoms with van der Waals surface area (Å²) < 4.78 is 10.6. The van der Waals surface area contributed by atoms with E-state index in [-0.39, 0.29) is 7.12 Å². The van der Waals surface area contributed by atoms with Crippen LogP contribution in [0.2, 0.25) is 6.32 Å². The average Bonchev–Trinajstić information content (AvgIpc) is 1.90. The first-order valence-electron chi connectivity index (χ1n) is 4.08. The van der Waals surface area contributed by atoms with Crippen molar-refractivity contribution < 1.29 is 9.31 Å². The Morgan fingerprint density at radius 1 is 1.00 bits per heavy atom. The van der Waals surface area contributed by atoms with Gasteiger partial charge in [0.15, 0.2) is 0 Å². The molecule has 0 rings (SSSR count). The quantitative estimate of drug-likeness (QED) is 0.530. The van der Waals surface area contributed by atoms with E-state index in [9.17, 15) is 0 Å². The molecule has 0 aromatic carbocycles. The van der Waals surface area contributed by atoms with Crippen LogP contribution in [-0.4, -0.2) is 20.3 Å². The molecule has 0 aliphatic heterocycles. The predicted octanol–water partition coefficient (Wildman–Crippen LogP) is 1.96. The molecule has 0 N–H and O–H groups in total. The van der Waals surface area contributed by atoms with Gasteiger partial charge >= 0.3 is 7.12 Å². The molecule has 0 atom stereocenters. The first-order chi connectivity index (χ1) is 4.85. The van der Waals surface area contributed by atoms with Gasteiger partial charge in [-0.1, -0.05) is 13.3 Å². The van der Waals surface area contributed by atoms with Gasteiger partial charge < -0.3 is 9.31 Å². The van der Waals surface area contributed by atoms with Crippen LogP contribution in [0.3, 0.4) is 0 Å². The van der Waals surface area contributed by atoms with Crippen LogP contribution in [0.15, 0.2) is 0 Å². The summed E-state index contributed by atoms with van der Waals surface area (Å²) in [6.45, 7) is 7.59. The van der Waals surface area contributed by atoms with Crippen LogP contribution >= 0.6 is 0 Å². The molecular weight excluding hydrogens is 127 g/mol. The van der Waals surface area contributed by atoms with Gasteiger partial charge in [0, 0.05) is 13.2 Å². The van der Waals surface area contributed by atoms with Crippen molar-refractivity contribution in [3.05, 3.63) is 0 Å². The van der Waals surface area contributed by atoms with Gasteiger partial charge in [0.1, 0.15) is 0 Å². The van der Waals surface area contributed by atoms with E-state index >= 15 is 0 Å². The van der Waals surface area contributed by atoms with E-state index in [1.54, 1.807) is 0 Å². The molecule has 60 valence electrons. The minimum absolute atomic E-state index is 0.0278. The molecule has 0 radical (unpaired) electrons. The summed E-state index contributed by atoms with van der Waals surface area (Å²) >= 11 is 0. The Hall–Kier alpha value is -0.0151. The molecule has 0 aliphatic rings. The Labute approximate surface area is 64.0 Å². The Morgan fingerprint density at radius 3 is 1.80 bits per heavy atom. The minimum Gasteiger partial charge on any atom is -0.411 e. The van der Waals surface area contributed by atoms with Gasteiger partial charge in [-0.3, -0.25) is 0 Å². The number of hydrogen-bond acceptors (Lipinski definition) is 2. The zero-order valence-corrected chi connectivity index (χ0v) is 7.22. The minimum atomic E-state index is 0.0278. The summed E-state index contributed by atoms with van der Waals surface area (Å²) in [5.41, 5.74) is 0. The molecule has 0 saturated heterocycles. The summed E-state index contributed by atoms with van der Waals surface area (Å²) in [7, 11) is 0.0278. The van der Waals surface area contributed by atoms with Crippen LogP contribution < -0.4 is 0 Å². The summed E-state index contributed by atoms with van der Waals surface area (Å²) in [5.74, 6) is 0. The highest BCUT2D eigenvalue weighted by molar-refractivity contribution is 6.44. The first kappa shape index (κ1) is 9.98. The van der Waals surface area contributed by atoms with Crippen molar-refractivity contribution >= 4 is 7.12 Å². The second-order valence-electron chi connectivity index (χ2n) is 2.13. The maximum Gasteiger partial charge on any atom is 0.456 e. The predicted molar refractivity (Wildman–Crippen MR) is 44.1 cm³/mol. The third-order valence-corrected chi connectivity index (χ3v) is 1.23. The van der Waals surface area contributed by atoms with Crippen LogP contribution in [-0.2, 0) is 9.31 Å². The zero-order chi connectivity index (χ0) is 7.82. The standard InChI is InChI=1S/C7H17BO2/c1-4-7-8(9-5-2)10-6-3/h4-7H2,1-3H3. The van der Waals surface area contributed by atoms with E-state index in [2.05, 4.69) is 6.92 Å². The molecule has 0 heterocycles. The second kappa shape index (κ2) is 7.10. The molecule has 0 aliphatic carbocycles. The highest BCUT2D eigenvalue weighted by Crippen LogP contribution is 1.99. The van der Waals surface area contributed by atoms with Crippen LogP contribution in [0.1, 0.15) is 27.2 Å². The normalized spacial score (nSPS) is 9.90. The molecule has 0 saturated carbocycles. The van der Waals surface area contributed by atoms with Gasteiger partial charge in [0.05, 0.1) is 0 Å². The number of hydrogen-bond donors (Lipinski definition) is 0. The summed E-state index contributed by atoms with van der Waals surface area (Å²) in [6, 6.07) is 0. The molecule has 3 heteroatoms. The SMILES string of the molecule is CCCB(OCC)OCC. The molecule has 0 unspecified atom stereocenters. The highest BCUT2D eigenvalue weighted by atomic mass is 16.6. The van der Waals surface area contributed by atoms with Crippen molar-refractivity contribution in [1.82, 2.24) is 0 Å². The lowest BCUT2D eigenvalue weighted by Gasteiger charge is -2.10. The first-order valence-corrected chi connectivity index (χ1v) is 4.08. The molecular formula is C7H17BO2. The third-order valence-electron chi connectivity index (χ3n) is 1.23. The van der Waals surface area contributed by atoms with E-state index in [1.807, 2.05) is 13.8 Å². The van der Waals surface area contributed by atoms with Crippen molar-refractivity contribution in [3.8, 4) is 0 Å². The topological polar surface area (TPSA) is 18.5 Å². The summed E-state index contributed by atoms with van der Waals surface area (Å²) in [4.78, 5) is 0. The van der Waals surface area contributed by atoms with Crippen LogP contribution in [0.25, 0.3) is 0 Å². The summed E-state index contributed by atoms with van der Waals surface area (Å²) in [6.07, 6.45) is 2.12. The molecule has 0 aromatic heterocycles. The molecule has 0 bridgehead atoms. The Balaban J connectivity index is 3.30. The van der Waals surface area contributed by atoms with Gasteiger partial charge in [0.25, 0.3) is 0 Å². The summed E-state index contributed by atoms with van der Waals surface area (Å²) in [5, 5.41) is 0. The highest BCUT2D eigenvalue weighted by Gasteiger charge is 2.13. The fourth-order valence-electron chi connectivity index (χ4n) is 0.822. The van der Waals surface area contributed by atoms with E-state index in [0.717, 1.165) is 26.0 Å². The smallest absolute Gasteiger partial charge is 0.411 e. The van der Waals surface area contributed by atoms with Gasteiger partial charge in [-0.05, 0) is 20.2 Å². The maximum atomic E-state index is 5.30. The van der Waals surface area contributed by atoms with Crippen LogP contribution in [0.5, 0.6) is 0 Å². The van der Waals surface area contributed by atoms with Gasteiger partial charge in [0.2, 0.25) is 0 Å². The van der Waals surface area contributed by atoms with E-state index < -0.39 is 0 Å². The largest absolute Gasteiger partial charge is 0.456 e. The van der Waals surface area contributed by atoms with Crippen molar-refractivity contribution in [2.24, 2.45) is 0 Å². The van der Waals surface area contributed by atoms with Gasteiger partial charge in [-0.2, -0.15) is 0 Å². The molecule has 0 fully saturated rings. The Morgan fingerprint density at radius 2 is 1.50 bits per heavy atom. The van der Waals surface area contributed by atoms with Crippen molar-refractivity contribution in [3.63, 3.8) is 0 Å². The fraction of sp³-hybridized carbons (Fsp3) is 1.00. The Bertz CT molecular complexity index is 54.4. The van der Waals surface area contributed by atoms with Crippen molar-refractivity contribution in [2.75, 3.05) is 13.2 Å². The Kier molecular flexibility index (Phi) is 7.09. The fourth-order valence-corrected chi connectivity index (χ4v) is 0.822.